The first-order chi connectivity index (χ1) is 7.50. The van der Waals surface area contributed by atoms with Crippen LogP contribution >= 0.6 is 0 Å². The highest BCUT2D eigenvalue weighted by Gasteiger charge is 2.12. The fourth-order valence-corrected chi connectivity index (χ4v) is 1.13. The molecule has 8 nitrogen and oxygen atoms in total. The average Bonchev–Trinajstić information content (AvgIpc) is 2.52. The highest BCUT2D eigenvalue weighted by Crippen LogP contribution is 2.06. The molecule has 0 unspecified atom stereocenters. The molecule has 88 valence electrons. The number of hydrogen-bond donors (Lipinski definition) is 4. The maximum atomic E-state index is 11.5. The largest absolute Gasteiger partial charge is 0.396 e. The molecule has 0 bridgehead atoms. The third-order valence-corrected chi connectivity index (χ3v) is 1.78. The topological polar surface area (TPSA) is 128 Å². The van der Waals surface area contributed by atoms with Crippen LogP contribution in [0.3, 0.4) is 0 Å². The molecule has 0 aromatic carbocycles. The highest BCUT2D eigenvalue weighted by molar-refractivity contribution is 5.96. The number of urea groups is 1. The second-order valence-corrected chi connectivity index (χ2v) is 3.15. The Labute approximate surface area is 92.0 Å². The molecule has 0 aliphatic heterocycles. The van der Waals surface area contributed by atoms with Gasteiger partial charge in [0.2, 0.25) is 0 Å². The van der Waals surface area contributed by atoms with Gasteiger partial charge in [-0.25, -0.2) is 4.79 Å². The number of nitrogens with one attached hydrogen (secondary N) is 2. The molecule has 0 spiro atoms. The number of carbonyl (C=O) groups excluding carboxylic acids is 2. The van der Waals surface area contributed by atoms with E-state index in [0.717, 1.165) is 0 Å². The Balaban J connectivity index is 2.41. The lowest BCUT2D eigenvalue weighted by Gasteiger charge is -2.03. The molecule has 16 heavy (non-hydrogen) atoms. The van der Waals surface area contributed by atoms with E-state index in [-0.39, 0.29) is 24.7 Å². The van der Waals surface area contributed by atoms with Gasteiger partial charge < -0.3 is 22.1 Å². The van der Waals surface area contributed by atoms with Crippen LogP contribution in [0.2, 0.25) is 0 Å². The number of rotatable bonds is 4. The molecule has 0 aliphatic carbocycles. The summed E-state index contributed by atoms with van der Waals surface area (Å²) in [5.41, 5.74) is 10.9. The van der Waals surface area contributed by atoms with Crippen molar-refractivity contribution in [3.8, 4) is 0 Å². The number of nitrogens with zero attached hydrogens (tertiary/aromatic N) is 2. The molecule has 0 aliphatic rings. The number of primary amides is 1. The second-order valence-electron chi connectivity index (χ2n) is 3.15. The van der Waals surface area contributed by atoms with Gasteiger partial charge in [0, 0.05) is 26.3 Å². The summed E-state index contributed by atoms with van der Waals surface area (Å²) in [6, 6.07) is -0.633. The second kappa shape index (κ2) is 5.01. The van der Waals surface area contributed by atoms with Crippen molar-refractivity contribution in [2.45, 2.75) is 0 Å². The van der Waals surface area contributed by atoms with Gasteiger partial charge in [-0.3, -0.25) is 9.48 Å². The third-order valence-electron chi connectivity index (χ3n) is 1.78. The Morgan fingerprint density at radius 1 is 1.44 bits per heavy atom. The van der Waals surface area contributed by atoms with Gasteiger partial charge in [-0.1, -0.05) is 0 Å². The zero-order valence-electron chi connectivity index (χ0n) is 8.86. The van der Waals surface area contributed by atoms with Gasteiger partial charge in [-0.05, 0) is 0 Å². The maximum absolute atomic E-state index is 11.5. The van der Waals surface area contributed by atoms with Crippen molar-refractivity contribution in [3.63, 3.8) is 0 Å². The molecule has 0 saturated carbocycles. The maximum Gasteiger partial charge on any atom is 0.312 e. The first kappa shape index (κ1) is 11.8. The van der Waals surface area contributed by atoms with E-state index in [1.807, 2.05) is 0 Å². The van der Waals surface area contributed by atoms with Gasteiger partial charge in [0.15, 0.2) is 5.69 Å². The van der Waals surface area contributed by atoms with Gasteiger partial charge in [0.05, 0.1) is 5.69 Å². The van der Waals surface area contributed by atoms with Gasteiger partial charge in [-0.15, -0.1) is 0 Å². The van der Waals surface area contributed by atoms with E-state index in [4.69, 9.17) is 11.5 Å². The van der Waals surface area contributed by atoms with E-state index < -0.39 is 6.03 Å². The van der Waals surface area contributed by atoms with E-state index in [1.54, 1.807) is 7.05 Å². The SMILES string of the molecule is Cn1cc(N)c(C(=O)NCCNC(N)=O)n1. The Hall–Kier alpha value is -2.25. The monoisotopic (exact) mass is 226 g/mol. The predicted molar refractivity (Wildman–Crippen MR) is 57.5 cm³/mol. The zero-order chi connectivity index (χ0) is 12.1. The summed E-state index contributed by atoms with van der Waals surface area (Å²) >= 11 is 0. The number of anilines is 1. The number of nitrogens with two attached hydrogens (primary N) is 2. The number of nitrogen functional groups attached to an aromatic ring is 1. The molecule has 6 N–H and O–H groups in total. The van der Waals surface area contributed by atoms with Crippen molar-refractivity contribution in [3.05, 3.63) is 11.9 Å². The van der Waals surface area contributed by atoms with Crippen molar-refractivity contribution in [1.29, 1.82) is 0 Å². The molecule has 8 heteroatoms. The van der Waals surface area contributed by atoms with E-state index in [9.17, 15) is 9.59 Å². The van der Waals surface area contributed by atoms with Crippen molar-refractivity contribution in [1.82, 2.24) is 20.4 Å². The normalized spacial score (nSPS) is 9.81. The quantitative estimate of drug-likeness (QED) is 0.461. The minimum Gasteiger partial charge on any atom is -0.396 e. The van der Waals surface area contributed by atoms with Gasteiger partial charge in [-0.2, -0.15) is 5.10 Å². The number of amides is 3. The summed E-state index contributed by atoms with van der Waals surface area (Å²) in [5, 5.41) is 8.77. The standard InChI is InChI=1S/C8H14N6O2/c1-14-4-5(9)6(13-14)7(15)11-2-3-12-8(10)16/h4H,2-3,9H2,1H3,(H,11,15)(H3,10,12,16). The van der Waals surface area contributed by atoms with E-state index in [1.165, 1.54) is 10.9 Å². The summed E-state index contributed by atoms with van der Waals surface area (Å²) in [4.78, 5) is 21.8. The molecule has 1 aromatic heterocycles. The summed E-state index contributed by atoms with van der Waals surface area (Å²) in [7, 11) is 1.67. The molecule has 1 heterocycles. The van der Waals surface area contributed by atoms with Gasteiger partial charge in [0.25, 0.3) is 5.91 Å². The van der Waals surface area contributed by atoms with Crippen LogP contribution in [0.25, 0.3) is 0 Å². The molecule has 0 fully saturated rings. The highest BCUT2D eigenvalue weighted by atomic mass is 16.2. The van der Waals surface area contributed by atoms with E-state index >= 15 is 0 Å². The van der Waals surface area contributed by atoms with Crippen molar-refractivity contribution in [2.24, 2.45) is 12.8 Å². The van der Waals surface area contributed by atoms with Crippen molar-refractivity contribution < 1.29 is 9.59 Å². The first-order valence-corrected chi connectivity index (χ1v) is 4.61. The number of hydrogen-bond acceptors (Lipinski definition) is 4. The fraction of sp³-hybridized carbons (Fsp3) is 0.375. The Morgan fingerprint density at radius 2 is 2.06 bits per heavy atom. The Kier molecular flexibility index (Phi) is 3.70. The number of carbonyl (C=O) groups is 2. The molecular weight excluding hydrogens is 212 g/mol. The lowest BCUT2D eigenvalue weighted by molar-refractivity contribution is 0.0949. The molecule has 1 aromatic rings. The van der Waals surface area contributed by atoms with Crippen LogP contribution in [0.1, 0.15) is 10.5 Å². The third kappa shape index (κ3) is 3.15. The van der Waals surface area contributed by atoms with Crippen LogP contribution in [0.4, 0.5) is 10.5 Å². The number of aryl methyl sites for hydroxylation is 1. The Bertz CT molecular complexity index is 399. The lowest BCUT2D eigenvalue weighted by Crippen LogP contribution is -2.37. The fourth-order valence-electron chi connectivity index (χ4n) is 1.13. The first-order valence-electron chi connectivity index (χ1n) is 4.61. The van der Waals surface area contributed by atoms with E-state index in [2.05, 4.69) is 15.7 Å². The zero-order valence-corrected chi connectivity index (χ0v) is 8.86. The minimum atomic E-state index is -0.633. The van der Waals surface area contributed by atoms with Crippen LogP contribution < -0.4 is 22.1 Å². The smallest absolute Gasteiger partial charge is 0.312 e. The van der Waals surface area contributed by atoms with Crippen LogP contribution in [-0.2, 0) is 7.05 Å². The van der Waals surface area contributed by atoms with Gasteiger partial charge >= 0.3 is 6.03 Å². The van der Waals surface area contributed by atoms with Crippen LogP contribution in [0.5, 0.6) is 0 Å². The summed E-state index contributed by atoms with van der Waals surface area (Å²) in [6.45, 7) is 0.519. The van der Waals surface area contributed by atoms with Crippen molar-refractivity contribution in [2.75, 3.05) is 18.8 Å². The molecule has 0 saturated heterocycles. The lowest BCUT2D eigenvalue weighted by atomic mass is 10.3. The van der Waals surface area contributed by atoms with Gasteiger partial charge in [0.1, 0.15) is 0 Å². The van der Waals surface area contributed by atoms with E-state index in [0.29, 0.717) is 5.69 Å². The Morgan fingerprint density at radius 3 is 2.56 bits per heavy atom. The van der Waals surface area contributed by atoms with Crippen LogP contribution in [0.15, 0.2) is 6.20 Å². The van der Waals surface area contributed by atoms with Crippen LogP contribution in [-0.4, -0.2) is 34.8 Å². The average molecular weight is 226 g/mol. The molecule has 1 rings (SSSR count). The van der Waals surface area contributed by atoms with Crippen molar-refractivity contribution >= 4 is 17.6 Å². The molecule has 3 amide bonds. The molecular formula is C8H14N6O2. The minimum absolute atomic E-state index is 0.168. The predicted octanol–water partition coefficient (Wildman–Crippen LogP) is -1.60. The number of aromatic nitrogens is 2. The molecule has 0 radical (unpaired) electrons. The summed E-state index contributed by atoms with van der Waals surface area (Å²) in [6.07, 6.45) is 1.54. The summed E-state index contributed by atoms with van der Waals surface area (Å²) < 4.78 is 1.45. The summed E-state index contributed by atoms with van der Waals surface area (Å²) in [5.74, 6) is -0.385. The molecule has 0 atom stereocenters. The van der Waals surface area contributed by atoms with Crippen LogP contribution in [0, 0.1) is 0 Å².